The molecule has 1 aliphatic rings. The average Bonchev–Trinajstić information content (AvgIpc) is 2.47. The van der Waals surface area contributed by atoms with Crippen LogP contribution in [0, 0.1) is 5.92 Å². The van der Waals surface area contributed by atoms with E-state index in [9.17, 15) is 4.79 Å². The van der Waals surface area contributed by atoms with Crippen molar-refractivity contribution in [3.05, 3.63) is 29.8 Å². The van der Waals surface area contributed by atoms with E-state index >= 15 is 0 Å². The number of hydrogen-bond donors (Lipinski definition) is 3. The SMILES string of the molecule is CNC(C)c1ccc(NC(=O)NC2CCCC(C)C2)cc1. The summed E-state index contributed by atoms with van der Waals surface area (Å²) in [6, 6.07) is 8.52. The Morgan fingerprint density at radius 3 is 2.57 bits per heavy atom. The molecule has 1 saturated carbocycles. The zero-order valence-electron chi connectivity index (χ0n) is 13.3. The third-order valence-corrected chi connectivity index (χ3v) is 4.37. The first-order chi connectivity index (χ1) is 10.1. The molecule has 1 aromatic carbocycles. The molecule has 0 bridgehead atoms. The maximum Gasteiger partial charge on any atom is 0.319 e. The molecule has 0 aliphatic heterocycles. The molecule has 0 aromatic heterocycles. The first-order valence-electron chi connectivity index (χ1n) is 7.93. The lowest BCUT2D eigenvalue weighted by atomic mass is 9.87. The van der Waals surface area contributed by atoms with Gasteiger partial charge >= 0.3 is 6.03 Å². The number of nitrogens with one attached hydrogen (secondary N) is 3. The van der Waals surface area contributed by atoms with Crippen molar-refractivity contribution in [2.24, 2.45) is 5.92 Å². The Labute approximate surface area is 127 Å². The standard InChI is InChI=1S/C17H27N3O/c1-12-5-4-6-16(11-12)20-17(21)19-15-9-7-14(8-10-15)13(2)18-3/h7-10,12-13,16,18H,4-6,11H2,1-3H3,(H2,19,20,21). The highest BCUT2D eigenvalue weighted by molar-refractivity contribution is 5.89. The monoisotopic (exact) mass is 289 g/mol. The van der Waals surface area contributed by atoms with Crippen LogP contribution in [0.5, 0.6) is 0 Å². The van der Waals surface area contributed by atoms with Crippen LogP contribution in [0.25, 0.3) is 0 Å². The minimum atomic E-state index is -0.0940. The van der Waals surface area contributed by atoms with Gasteiger partial charge in [0.2, 0.25) is 0 Å². The van der Waals surface area contributed by atoms with Gasteiger partial charge in [0.25, 0.3) is 0 Å². The summed E-state index contributed by atoms with van der Waals surface area (Å²) in [4.78, 5) is 12.0. The summed E-state index contributed by atoms with van der Waals surface area (Å²) in [5.74, 6) is 0.714. The molecule has 1 aliphatic carbocycles. The van der Waals surface area contributed by atoms with Crippen LogP contribution in [0.3, 0.4) is 0 Å². The third-order valence-electron chi connectivity index (χ3n) is 4.37. The summed E-state index contributed by atoms with van der Waals surface area (Å²) >= 11 is 0. The van der Waals surface area contributed by atoms with Gasteiger partial charge in [-0.05, 0) is 50.4 Å². The number of amides is 2. The maximum atomic E-state index is 12.0. The van der Waals surface area contributed by atoms with Gasteiger partial charge in [-0.25, -0.2) is 4.79 Å². The topological polar surface area (TPSA) is 53.2 Å². The van der Waals surface area contributed by atoms with Crippen LogP contribution in [0.1, 0.15) is 51.1 Å². The molecule has 3 unspecified atom stereocenters. The molecule has 0 heterocycles. The molecule has 116 valence electrons. The summed E-state index contributed by atoms with van der Waals surface area (Å²) in [5, 5.41) is 9.20. The number of hydrogen-bond acceptors (Lipinski definition) is 2. The van der Waals surface area contributed by atoms with Gasteiger partial charge < -0.3 is 16.0 Å². The van der Waals surface area contributed by atoms with Gasteiger partial charge in [0.15, 0.2) is 0 Å². The van der Waals surface area contributed by atoms with Gasteiger partial charge in [-0.15, -0.1) is 0 Å². The zero-order valence-corrected chi connectivity index (χ0v) is 13.3. The fourth-order valence-corrected chi connectivity index (χ4v) is 2.94. The fourth-order valence-electron chi connectivity index (χ4n) is 2.94. The first-order valence-corrected chi connectivity index (χ1v) is 7.93. The lowest BCUT2D eigenvalue weighted by Gasteiger charge is -2.27. The predicted molar refractivity (Wildman–Crippen MR) is 87.5 cm³/mol. The highest BCUT2D eigenvalue weighted by Gasteiger charge is 2.20. The van der Waals surface area contributed by atoms with E-state index in [2.05, 4.69) is 29.8 Å². The molecule has 3 N–H and O–H groups in total. The summed E-state index contributed by atoms with van der Waals surface area (Å²) < 4.78 is 0. The van der Waals surface area contributed by atoms with Gasteiger partial charge in [-0.2, -0.15) is 0 Å². The quantitative estimate of drug-likeness (QED) is 0.792. The van der Waals surface area contributed by atoms with Crippen LogP contribution >= 0.6 is 0 Å². The molecule has 2 rings (SSSR count). The van der Waals surface area contributed by atoms with Crippen LogP contribution < -0.4 is 16.0 Å². The molecule has 21 heavy (non-hydrogen) atoms. The molecular weight excluding hydrogens is 262 g/mol. The Bertz CT molecular complexity index is 458. The Morgan fingerprint density at radius 2 is 1.95 bits per heavy atom. The van der Waals surface area contributed by atoms with E-state index in [1.54, 1.807) is 0 Å². The van der Waals surface area contributed by atoms with Crippen LogP contribution in [0.2, 0.25) is 0 Å². The maximum absolute atomic E-state index is 12.0. The number of benzene rings is 1. The minimum Gasteiger partial charge on any atom is -0.335 e. The van der Waals surface area contributed by atoms with Crippen molar-refractivity contribution in [2.75, 3.05) is 12.4 Å². The molecule has 0 radical (unpaired) electrons. The Hall–Kier alpha value is -1.55. The predicted octanol–water partition coefficient (Wildman–Crippen LogP) is 3.67. The van der Waals surface area contributed by atoms with E-state index in [0.29, 0.717) is 18.0 Å². The van der Waals surface area contributed by atoms with E-state index in [0.717, 1.165) is 18.5 Å². The highest BCUT2D eigenvalue weighted by Crippen LogP contribution is 2.23. The van der Waals surface area contributed by atoms with Crippen molar-refractivity contribution >= 4 is 11.7 Å². The van der Waals surface area contributed by atoms with Crippen molar-refractivity contribution in [3.63, 3.8) is 0 Å². The van der Waals surface area contributed by atoms with Crippen molar-refractivity contribution in [1.82, 2.24) is 10.6 Å². The number of anilines is 1. The van der Waals surface area contributed by atoms with Crippen LogP contribution in [0.15, 0.2) is 24.3 Å². The largest absolute Gasteiger partial charge is 0.335 e. The first kappa shape index (κ1) is 15.8. The van der Waals surface area contributed by atoms with E-state index in [1.165, 1.54) is 18.4 Å². The van der Waals surface area contributed by atoms with E-state index in [1.807, 2.05) is 31.3 Å². The lowest BCUT2D eigenvalue weighted by molar-refractivity contribution is 0.238. The van der Waals surface area contributed by atoms with Gasteiger partial charge in [-0.3, -0.25) is 0 Å². The van der Waals surface area contributed by atoms with E-state index < -0.39 is 0 Å². The molecule has 2 amide bonds. The molecular formula is C17H27N3O. The third kappa shape index (κ3) is 4.74. The summed E-state index contributed by atoms with van der Waals surface area (Å²) in [5.41, 5.74) is 2.05. The second-order valence-corrected chi connectivity index (χ2v) is 6.20. The molecule has 0 saturated heterocycles. The molecule has 4 heteroatoms. The average molecular weight is 289 g/mol. The lowest BCUT2D eigenvalue weighted by Crippen LogP contribution is -2.40. The van der Waals surface area contributed by atoms with E-state index in [4.69, 9.17) is 0 Å². The van der Waals surface area contributed by atoms with Crippen molar-refractivity contribution in [2.45, 2.75) is 51.6 Å². The molecule has 3 atom stereocenters. The van der Waals surface area contributed by atoms with E-state index in [-0.39, 0.29) is 6.03 Å². The van der Waals surface area contributed by atoms with Crippen LogP contribution in [-0.4, -0.2) is 19.1 Å². The molecule has 1 aromatic rings. The summed E-state index contributed by atoms with van der Waals surface area (Å²) in [6.07, 6.45) is 4.68. The highest BCUT2D eigenvalue weighted by atomic mass is 16.2. The van der Waals surface area contributed by atoms with Crippen molar-refractivity contribution in [1.29, 1.82) is 0 Å². The van der Waals surface area contributed by atoms with Crippen molar-refractivity contribution < 1.29 is 4.79 Å². The molecule has 1 fully saturated rings. The number of carbonyl (C=O) groups is 1. The second kappa shape index (κ2) is 7.46. The van der Waals surface area contributed by atoms with Gasteiger partial charge in [0.05, 0.1) is 0 Å². The summed E-state index contributed by atoms with van der Waals surface area (Å²) in [6.45, 7) is 4.37. The second-order valence-electron chi connectivity index (χ2n) is 6.20. The number of rotatable bonds is 4. The zero-order chi connectivity index (χ0) is 15.2. The normalized spacial score (nSPS) is 23.4. The molecule has 0 spiro atoms. The van der Waals surface area contributed by atoms with Crippen LogP contribution in [0.4, 0.5) is 10.5 Å². The minimum absolute atomic E-state index is 0.0940. The Balaban J connectivity index is 1.84. The fraction of sp³-hybridized carbons (Fsp3) is 0.588. The summed E-state index contributed by atoms with van der Waals surface area (Å²) in [7, 11) is 1.94. The smallest absolute Gasteiger partial charge is 0.319 e. The van der Waals surface area contributed by atoms with Gasteiger partial charge in [0.1, 0.15) is 0 Å². The number of urea groups is 1. The van der Waals surface area contributed by atoms with Crippen molar-refractivity contribution in [3.8, 4) is 0 Å². The molecule has 4 nitrogen and oxygen atoms in total. The van der Waals surface area contributed by atoms with Gasteiger partial charge in [0, 0.05) is 17.8 Å². The Kier molecular flexibility index (Phi) is 5.62. The van der Waals surface area contributed by atoms with Gasteiger partial charge in [-0.1, -0.05) is 31.9 Å². The number of carbonyl (C=O) groups excluding carboxylic acids is 1. The Morgan fingerprint density at radius 1 is 1.24 bits per heavy atom. The van der Waals surface area contributed by atoms with Crippen LogP contribution in [-0.2, 0) is 0 Å².